The van der Waals surface area contributed by atoms with Crippen molar-refractivity contribution in [3.63, 3.8) is 0 Å². The maximum Gasteiger partial charge on any atom is 0.166 e. The summed E-state index contributed by atoms with van der Waals surface area (Å²) in [5.74, 6) is 0.534. The second kappa shape index (κ2) is 6.38. The quantitative estimate of drug-likeness (QED) is 0.655. The smallest absolute Gasteiger partial charge is 0.166 e. The van der Waals surface area contributed by atoms with Crippen LogP contribution in [-0.2, 0) is 0 Å². The molecule has 2 aromatic rings. The lowest BCUT2D eigenvalue weighted by molar-refractivity contribution is 0.332. The summed E-state index contributed by atoms with van der Waals surface area (Å²) in [5.41, 5.74) is 6.25. The van der Waals surface area contributed by atoms with E-state index in [0.717, 1.165) is 5.75 Å². The zero-order valence-corrected chi connectivity index (χ0v) is 11.7. The molecule has 0 unspecified atom stereocenters. The number of anilines is 2. The van der Waals surface area contributed by atoms with Crippen molar-refractivity contribution in [1.82, 2.24) is 4.98 Å². The van der Waals surface area contributed by atoms with Crippen LogP contribution in [0.4, 0.5) is 15.9 Å². The van der Waals surface area contributed by atoms with Gasteiger partial charge in [-0.15, -0.1) is 0 Å². The van der Waals surface area contributed by atoms with E-state index in [4.69, 9.17) is 10.5 Å². The Morgan fingerprint density at radius 3 is 2.74 bits per heavy atom. The van der Waals surface area contributed by atoms with E-state index >= 15 is 0 Å². The molecule has 100 valence electrons. The fourth-order valence-electron chi connectivity index (χ4n) is 1.45. The molecule has 6 heteroatoms. The van der Waals surface area contributed by atoms with Crippen LogP contribution in [0.25, 0.3) is 0 Å². The highest BCUT2D eigenvalue weighted by Gasteiger charge is 2.03. The van der Waals surface area contributed by atoms with Gasteiger partial charge in [-0.25, -0.2) is 9.37 Å². The average Bonchev–Trinajstić information content (AvgIpc) is 2.39. The van der Waals surface area contributed by atoms with Crippen LogP contribution in [0.3, 0.4) is 0 Å². The fraction of sp³-hybridized carbons (Fsp3) is 0.154. The Morgan fingerprint density at radius 1 is 1.32 bits per heavy atom. The highest BCUT2D eigenvalue weighted by atomic mass is 79.9. The third kappa shape index (κ3) is 4.10. The number of nitrogen functional groups attached to an aromatic ring is 1. The average molecular weight is 326 g/mol. The van der Waals surface area contributed by atoms with Crippen molar-refractivity contribution in [2.24, 2.45) is 0 Å². The number of rotatable bonds is 5. The van der Waals surface area contributed by atoms with Gasteiger partial charge in [0.25, 0.3) is 0 Å². The maximum atomic E-state index is 13.4. The molecule has 2 rings (SSSR count). The number of halogens is 2. The topological polar surface area (TPSA) is 60.2 Å². The monoisotopic (exact) mass is 325 g/mol. The van der Waals surface area contributed by atoms with E-state index in [9.17, 15) is 4.39 Å². The van der Waals surface area contributed by atoms with Crippen LogP contribution in [0.15, 0.2) is 41.0 Å². The minimum absolute atomic E-state index is 0.212. The van der Waals surface area contributed by atoms with Crippen molar-refractivity contribution in [3.05, 3.63) is 46.8 Å². The van der Waals surface area contributed by atoms with Crippen LogP contribution in [0.1, 0.15) is 0 Å². The molecular formula is C13H13BrFN3O. The summed E-state index contributed by atoms with van der Waals surface area (Å²) in [6.45, 7) is 0.858. The standard InChI is InChI=1S/C13H13BrFN3O/c14-9-7-12(15)13(18-8-9)17-5-6-19-11-3-1-10(16)2-4-11/h1-4,7-8H,5-6,16H2,(H,17,18). The Hall–Kier alpha value is -1.82. The van der Waals surface area contributed by atoms with Crippen LogP contribution in [0.5, 0.6) is 5.75 Å². The van der Waals surface area contributed by atoms with E-state index in [2.05, 4.69) is 26.2 Å². The minimum Gasteiger partial charge on any atom is -0.492 e. The minimum atomic E-state index is -0.401. The van der Waals surface area contributed by atoms with Crippen molar-refractivity contribution in [1.29, 1.82) is 0 Å². The Bertz CT molecular complexity index is 548. The van der Waals surface area contributed by atoms with Gasteiger partial charge in [0.2, 0.25) is 0 Å². The maximum absolute atomic E-state index is 13.4. The molecule has 0 aliphatic rings. The molecule has 19 heavy (non-hydrogen) atoms. The first-order valence-corrected chi connectivity index (χ1v) is 6.48. The molecule has 0 amide bonds. The van der Waals surface area contributed by atoms with Gasteiger partial charge in [-0.05, 0) is 46.3 Å². The van der Waals surface area contributed by atoms with Gasteiger partial charge in [0.1, 0.15) is 12.4 Å². The number of aromatic nitrogens is 1. The first-order chi connectivity index (χ1) is 9.15. The van der Waals surface area contributed by atoms with Crippen molar-refractivity contribution < 1.29 is 9.13 Å². The Balaban J connectivity index is 1.79. The fourth-order valence-corrected chi connectivity index (χ4v) is 1.75. The number of benzene rings is 1. The van der Waals surface area contributed by atoms with Gasteiger partial charge in [-0.3, -0.25) is 0 Å². The van der Waals surface area contributed by atoms with E-state index in [1.54, 1.807) is 24.3 Å². The number of hydrogen-bond donors (Lipinski definition) is 2. The van der Waals surface area contributed by atoms with Gasteiger partial charge in [-0.2, -0.15) is 0 Å². The van der Waals surface area contributed by atoms with E-state index < -0.39 is 5.82 Å². The van der Waals surface area contributed by atoms with Crippen LogP contribution in [-0.4, -0.2) is 18.1 Å². The number of nitrogens with zero attached hydrogens (tertiary/aromatic N) is 1. The Morgan fingerprint density at radius 2 is 2.05 bits per heavy atom. The number of hydrogen-bond acceptors (Lipinski definition) is 4. The lowest BCUT2D eigenvalue weighted by Gasteiger charge is -2.08. The molecule has 1 aromatic carbocycles. The van der Waals surface area contributed by atoms with E-state index in [1.165, 1.54) is 12.3 Å². The van der Waals surface area contributed by atoms with Gasteiger partial charge in [0.15, 0.2) is 11.6 Å². The zero-order valence-electron chi connectivity index (χ0n) is 10.1. The number of nitrogens with one attached hydrogen (secondary N) is 1. The highest BCUT2D eigenvalue weighted by Crippen LogP contribution is 2.16. The predicted molar refractivity (Wildman–Crippen MR) is 76.7 cm³/mol. The predicted octanol–water partition coefficient (Wildman–Crippen LogP) is 3.06. The van der Waals surface area contributed by atoms with Crippen molar-refractivity contribution in [2.75, 3.05) is 24.2 Å². The normalized spacial score (nSPS) is 10.2. The summed E-state index contributed by atoms with van der Waals surface area (Å²) < 4.78 is 19.5. The van der Waals surface area contributed by atoms with E-state index in [0.29, 0.717) is 23.3 Å². The van der Waals surface area contributed by atoms with Crippen LogP contribution < -0.4 is 15.8 Å². The van der Waals surface area contributed by atoms with Crippen molar-refractivity contribution >= 4 is 27.4 Å². The molecule has 0 aliphatic carbocycles. The second-order valence-electron chi connectivity index (χ2n) is 3.83. The third-order valence-corrected chi connectivity index (χ3v) is 2.78. The second-order valence-corrected chi connectivity index (χ2v) is 4.74. The number of nitrogens with two attached hydrogens (primary N) is 1. The van der Waals surface area contributed by atoms with Crippen LogP contribution in [0, 0.1) is 5.82 Å². The molecule has 0 fully saturated rings. The molecule has 0 atom stereocenters. The molecule has 1 aromatic heterocycles. The molecule has 0 saturated heterocycles. The summed E-state index contributed by atoms with van der Waals surface area (Å²) in [6, 6.07) is 8.45. The van der Waals surface area contributed by atoms with Crippen molar-refractivity contribution in [2.45, 2.75) is 0 Å². The summed E-state index contributed by atoms with van der Waals surface area (Å²) in [5, 5.41) is 2.87. The molecule has 0 aliphatic heterocycles. The largest absolute Gasteiger partial charge is 0.492 e. The molecule has 0 radical (unpaired) electrons. The first-order valence-electron chi connectivity index (χ1n) is 5.68. The van der Waals surface area contributed by atoms with Crippen LogP contribution in [0.2, 0.25) is 0 Å². The molecule has 0 saturated carbocycles. The molecule has 3 N–H and O–H groups in total. The zero-order chi connectivity index (χ0) is 13.7. The molecule has 1 heterocycles. The Labute approximate surface area is 118 Å². The van der Waals surface area contributed by atoms with E-state index in [1.807, 2.05) is 0 Å². The molecular weight excluding hydrogens is 313 g/mol. The highest BCUT2D eigenvalue weighted by molar-refractivity contribution is 9.10. The van der Waals surface area contributed by atoms with Crippen molar-refractivity contribution in [3.8, 4) is 5.75 Å². The lowest BCUT2D eigenvalue weighted by Crippen LogP contribution is -2.13. The Kier molecular flexibility index (Phi) is 4.57. The summed E-state index contributed by atoms with van der Waals surface area (Å²) >= 11 is 3.15. The summed E-state index contributed by atoms with van der Waals surface area (Å²) in [4.78, 5) is 3.93. The van der Waals surface area contributed by atoms with Gasteiger partial charge >= 0.3 is 0 Å². The third-order valence-electron chi connectivity index (χ3n) is 2.35. The molecule has 4 nitrogen and oxygen atoms in total. The lowest BCUT2D eigenvalue weighted by atomic mass is 10.3. The van der Waals surface area contributed by atoms with Gasteiger partial charge in [0, 0.05) is 16.4 Å². The molecule has 0 bridgehead atoms. The summed E-state index contributed by atoms with van der Waals surface area (Å²) in [7, 11) is 0. The van der Waals surface area contributed by atoms with Crippen LogP contribution >= 0.6 is 15.9 Å². The van der Waals surface area contributed by atoms with Gasteiger partial charge in [0.05, 0.1) is 6.54 Å². The first kappa shape index (κ1) is 13.6. The van der Waals surface area contributed by atoms with E-state index in [-0.39, 0.29) is 5.82 Å². The SMILES string of the molecule is Nc1ccc(OCCNc2ncc(Br)cc2F)cc1. The summed E-state index contributed by atoms with van der Waals surface area (Å²) in [6.07, 6.45) is 1.53. The van der Waals surface area contributed by atoms with Gasteiger partial charge < -0.3 is 15.8 Å². The molecule has 0 spiro atoms. The number of pyridine rings is 1. The number of ether oxygens (including phenoxy) is 1. The van der Waals surface area contributed by atoms with Gasteiger partial charge in [-0.1, -0.05) is 0 Å².